The first kappa shape index (κ1) is 15.5. The molecule has 0 saturated carbocycles. The molecule has 0 bridgehead atoms. The summed E-state index contributed by atoms with van der Waals surface area (Å²) in [5, 5.41) is 10.1. The van der Waals surface area contributed by atoms with E-state index in [1.54, 1.807) is 20.3 Å². The van der Waals surface area contributed by atoms with Crippen LogP contribution in [0.25, 0.3) is 11.0 Å². The van der Waals surface area contributed by atoms with E-state index in [4.69, 9.17) is 13.9 Å². The van der Waals surface area contributed by atoms with Crippen molar-refractivity contribution in [2.45, 2.75) is 12.8 Å². The van der Waals surface area contributed by atoms with Gasteiger partial charge in [-0.15, -0.1) is 0 Å². The van der Waals surface area contributed by atoms with E-state index in [2.05, 4.69) is 0 Å². The zero-order valence-corrected chi connectivity index (χ0v) is 12.3. The molecule has 1 heterocycles. The van der Waals surface area contributed by atoms with Gasteiger partial charge in [0.1, 0.15) is 5.58 Å². The molecule has 0 unspecified atom stereocenters. The van der Waals surface area contributed by atoms with Crippen molar-refractivity contribution < 1.29 is 23.8 Å². The van der Waals surface area contributed by atoms with Crippen LogP contribution >= 0.6 is 0 Å². The molecule has 0 aliphatic carbocycles. The monoisotopic (exact) mass is 293 g/mol. The molecule has 0 radical (unpaired) electrons. The number of ether oxygens (including phenoxy) is 2. The topological polar surface area (TPSA) is 72.1 Å². The SMILES string of the molecule is COC(CN(C)Cc1c(C(=O)O)oc2ccccc12)OC. The number of methoxy groups -OCH3 is 2. The average molecular weight is 293 g/mol. The van der Waals surface area contributed by atoms with Crippen LogP contribution in [0.3, 0.4) is 0 Å². The van der Waals surface area contributed by atoms with Gasteiger partial charge in [0, 0.05) is 38.3 Å². The van der Waals surface area contributed by atoms with Gasteiger partial charge in [0.25, 0.3) is 0 Å². The number of benzene rings is 1. The number of furan rings is 1. The van der Waals surface area contributed by atoms with Crippen LogP contribution < -0.4 is 0 Å². The molecule has 1 aromatic heterocycles. The van der Waals surface area contributed by atoms with E-state index >= 15 is 0 Å². The highest BCUT2D eigenvalue weighted by Crippen LogP contribution is 2.27. The molecule has 21 heavy (non-hydrogen) atoms. The van der Waals surface area contributed by atoms with Crippen molar-refractivity contribution in [1.82, 2.24) is 4.90 Å². The fraction of sp³-hybridized carbons (Fsp3) is 0.400. The van der Waals surface area contributed by atoms with E-state index in [1.165, 1.54) is 0 Å². The Morgan fingerprint density at radius 2 is 2.00 bits per heavy atom. The summed E-state index contributed by atoms with van der Waals surface area (Å²) in [6.07, 6.45) is -0.360. The Labute approximate surface area is 122 Å². The normalized spacial score (nSPS) is 11.7. The smallest absolute Gasteiger partial charge is 0.372 e. The van der Waals surface area contributed by atoms with Gasteiger partial charge < -0.3 is 19.0 Å². The number of carbonyl (C=O) groups is 1. The van der Waals surface area contributed by atoms with Crippen LogP contribution in [0, 0.1) is 0 Å². The molecule has 0 amide bonds. The molecule has 0 aliphatic rings. The minimum Gasteiger partial charge on any atom is -0.475 e. The van der Waals surface area contributed by atoms with Crippen LogP contribution in [0.4, 0.5) is 0 Å². The third-order valence-electron chi connectivity index (χ3n) is 3.31. The molecule has 0 spiro atoms. The van der Waals surface area contributed by atoms with Crippen molar-refractivity contribution >= 4 is 16.9 Å². The molecule has 114 valence electrons. The highest BCUT2D eigenvalue weighted by molar-refractivity contribution is 5.95. The van der Waals surface area contributed by atoms with Crippen molar-refractivity contribution in [3.63, 3.8) is 0 Å². The van der Waals surface area contributed by atoms with Gasteiger partial charge in [-0.3, -0.25) is 4.90 Å². The minimum atomic E-state index is -1.07. The number of likely N-dealkylation sites (N-methyl/N-ethyl adjacent to an activating group) is 1. The summed E-state index contributed by atoms with van der Waals surface area (Å²) in [6, 6.07) is 7.30. The predicted molar refractivity (Wildman–Crippen MR) is 77.3 cm³/mol. The Morgan fingerprint density at radius 1 is 1.33 bits per heavy atom. The Kier molecular flexibility index (Phi) is 4.95. The maximum Gasteiger partial charge on any atom is 0.372 e. The number of hydrogen-bond acceptors (Lipinski definition) is 5. The zero-order valence-electron chi connectivity index (χ0n) is 12.3. The van der Waals surface area contributed by atoms with E-state index in [0.29, 0.717) is 24.2 Å². The third-order valence-corrected chi connectivity index (χ3v) is 3.31. The number of nitrogens with zero attached hydrogens (tertiary/aromatic N) is 1. The maximum atomic E-state index is 11.3. The summed E-state index contributed by atoms with van der Waals surface area (Å²) >= 11 is 0. The second-order valence-corrected chi connectivity index (χ2v) is 4.81. The minimum absolute atomic E-state index is 0.0190. The molecule has 6 nitrogen and oxygen atoms in total. The van der Waals surface area contributed by atoms with Gasteiger partial charge in [-0.05, 0) is 13.1 Å². The second kappa shape index (κ2) is 6.71. The molecule has 0 aliphatic heterocycles. The number of para-hydroxylation sites is 1. The number of aromatic carboxylic acids is 1. The number of hydrogen-bond donors (Lipinski definition) is 1. The Balaban J connectivity index is 2.28. The predicted octanol–water partition coefficient (Wildman–Crippen LogP) is 2.18. The van der Waals surface area contributed by atoms with E-state index in [-0.39, 0.29) is 12.1 Å². The van der Waals surface area contributed by atoms with Crippen LogP contribution in [0.2, 0.25) is 0 Å². The summed E-state index contributed by atoms with van der Waals surface area (Å²) in [7, 11) is 5.01. The largest absolute Gasteiger partial charge is 0.475 e. The molecule has 6 heteroatoms. The lowest BCUT2D eigenvalue weighted by molar-refractivity contribution is -0.114. The van der Waals surface area contributed by atoms with Gasteiger partial charge in [-0.2, -0.15) is 0 Å². The molecule has 2 aromatic rings. The van der Waals surface area contributed by atoms with Crippen molar-refractivity contribution in [2.24, 2.45) is 0 Å². The van der Waals surface area contributed by atoms with Crippen molar-refractivity contribution in [2.75, 3.05) is 27.8 Å². The first-order valence-corrected chi connectivity index (χ1v) is 6.54. The van der Waals surface area contributed by atoms with E-state index < -0.39 is 5.97 Å². The number of fused-ring (bicyclic) bond motifs is 1. The summed E-state index contributed by atoms with van der Waals surface area (Å²) in [6.45, 7) is 0.952. The highest BCUT2D eigenvalue weighted by atomic mass is 16.7. The van der Waals surface area contributed by atoms with Crippen molar-refractivity contribution in [3.05, 3.63) is 35.6 Å². The highest BCUT2D eigenvalue weighted by Gasteiger charge is 2.21. The van der Waals surface area contributed by atoms with Gasteiger partial charge in [0.2, 0.25) is 5.76 Å². The molecule has 2 rings (SSSR count). The van der Waals surface area contributed by atoms with Gasteiger partial charge >= 0.3 is 5.97 Å². The third kappa shape index (κ3) is 3.41. The standard InChI is InChI=1S/C15H19NO5/c1-16(9-13(19-2)20-3)8-11-10-6-4-5-7-12(10)21-14(11)15(17)18/h4-7,13H,8-9H2,1-3H3,(H,17,18). The van der Waals surface area contributed by atoms with Gasteiger partial charge in [-0.1, -0.05) is 18.2 Å². The van der Waals surface area contributed by atoms with Gasteiger partial charge in [-0.25, -0.2) is 4.79 Å². The molecule has 0 atom stereocenters. The van der Waals surface area contributed by atoms with E-state index in [0.717, 1.165) is 5.39 Å². The average Bonchev–Trinajstić information content (AvgIpc) is 2.84. The maximum absolute atomic E-state index is 11.3. The van der Waals surface area contributed by atoms with E-state index in [1.807, 2.05) is 30.1 Å². The quantitative estimate of drug-likeness (QED) is 0.789. The lowest BCUT2D eigenvalue weighted by atomic mass is 10.1. The molecule has 1 aromatic carbocycles. The van der Waals surface area contributed by atoms with Crippen LogP contribution in [-0.2, 0) is 16.0 Å². The van der Waals surface area contributed by atoms with Gasteiger partial charge in [0.05, 0.1) is 0 Å². The first-order chi connectivity index (χ1) is 10.1. The Morgan fingerprint density at radius 3 is 2.62 bits per heavy atom. The summed E-state index contributed by atoms with van der Waals surface area (Å²) < 4.78 is 15.7. The Bertz CT molecular complexity index is 618. The van der Waals surface area contributed by atoms with Crippen LogP contribution in [0.5, 0.6) is 0 Å². The second-order valence-electron chi connectivity index (χ2n) is 4.81. The van der Waals surface area contributed by atoms with Crippen molar-refractivity contribution in [3.8, 4) is 0 Å². The zero-order chi connectivity index (χ0) is 15.4. The number of carboxylic acids is 1. The summed E-state index contributed by atoms with van der Waals surface area (Å²) in [4.78, 5) is 13.3. The molecular weight excluding hydrogens is 274 g/mol. The lowest BCUT2D eigenvalue weighted by Gasteiger charge is -2.21. The van der Waals surface area contributed by atoms with E-state index in [9.17, 15) is 9.90 Å². The number of rotatable bonds is 7. The number of carboxylic acid groups (broad SMARTS) is 1. The fourth-order valence-corrected chi connectivity index (χ4v) is 2.26. The van der Waals surface area contributed by atoms with Crippen LogP contribution in [0.15, 0.2) is 28.7 Å². The van der Waals surface area contributed by atoms with Gasteiger partial charge in [0.15, 0.2) is 6.29 Å². The summed E-state index contributed by atoms with van der Waals surface area (Å²) in [5.41, 5.74) is 1.24. The molecule has 1 N–H and O–H groups in total. The fourth-order valence-electron chi connectivity index (χ4n) is 2.26. The molecule has 0 saturated heterocycles. The van der Waals surface area contributed by atoms with Crippen LogP contribution in [0.1, 0.15) is 16.1 Å². The van der Waals surface area contributed by atoms with Crippen molar-refractivity contribution in [1.29, 1.82) is 0 Å². The molecule has 0 fully saturated rings. The Hall–Kier alpha value is -1.89. The molecular formula is C15H19NO5. The summed E-state index contributed by atoms with van der Waals surface area (Å²) in [5.74, 6) is -1.08. The van der Waals surface area contributed by atoms with Crippen LogP contribution in [-0.4, -0.2) is 50.1 Å². The first-order valence-electron chi connectivity index (χ1n) is 6.54. The lowest BCUT2D eigenvalue weighted by Crippen LogP contribution is -2.31.